The lowest BCUT2D eigenvalue weighted by atomic mass is 10.2. The Hall–Kier alpha value is -0.820. The first kappa shape index (κ1) is 14.2. The number of amides is 1. The van der Waals surface area contributed by atoms with Crippen LogP contribution >= 0.6 is 0 Å². The molecule has 1 unspecified atom stereocenters. The molecule has 0 fully saturated rings. The largest absolute Gasteiger partial charge is 0.406 e. The van der Waals surface area contributed by atoms with Crippen molar-refractivity contribution in [1.29, 1.82) is 0 Å². The number of carbonyl (C=O) groups is 1. The van der Waals surface area contributed by atoms with Crippen LogP contribution in [0.25, 0.3) is 0 Å². The van der Waals surface area contributed by atoms with Gasteiger partial charge in [0.15, 0.2) is 0 Å². The highest BCUT2D eigenvalue weighted by Gasteiger charge is 2.32. The minimum Gasteiger partial charge on any atom is -0.385 e. The average Bonchev–Trinajstić information content (AvgIpc) is 2.10. The van der Waals surface area contributed by atoms with Crippen molar-refractivity contribution in [2.45, 2.75) is 18.6 Å². The first-order valence-corrected chi connectivity index (χ1v) is 4.34. The smallest absolute Gasteiger partial charge is 0.385 e. The first-order valence-electron chi connectivity index (χ1n) is 4.34. The molecule has 2 N–H and O–H groups in total. The first-order chi connectivity index (χ1) is 6.78. The summed E-state index contributed by atoms with van der Waals surface area (Å²) in [5.41, 5.74) is 5.38. The molecule has 15 heavy (non-hydrogen) atoms. The van der Waals surface area contributed by atoms with Gasteiger partial charge in [-0.25, -0.2) is 0 Å². The Morgan fingerprint density at radius 1 is 1.53 bits per heavy atom. The summed E-state index contributed by atoms with van der Waals surface area (Å²) < 4.78 is 40.4. The van der Waals surface area contributed by atoms with Gasteiger partial charge in [0, 0.05) is 20.8 Å². The summed E-state index contributed by atoms with van der Waals surface area (Å²) >= 11 is 0. The summed E-state index contributed by atoms with van der Waals surface area (Å²) in [6.07, 6.45) is -4.19. The van der Waals surface area contributed by atoms with Gasteiger partial charge in [-0.1, -0.05) is 0 Å². The van der Waals surface area contributed by atoms with Gasteiger partial charge in [-0.3, -0.25) is 4.79 Å². The molecule has 0 aliphatic heterocycles. The number of likely N-dealkylation sites (N-methyl/N-ethyl adjacent to an activating group) is 1. The van der Waals surface area contributed by atoms with E-state index >= 15 is 0 Å². The zero-order valence-corrected chi connectivity index (χ0v) is 8.67. The Bertz CT molecular complexity index is 209. The summed E-state index contributed by atoms with van der Waals surface area (Å²) in [4.78, 5) is 11.8. The molecule has 0 radical (unpaired) electrons. The summed E-state index contributed by atoms with van der Waals surface area (Å²) in [5, 5.41) is 0. The maximum atomic E-state index is 11.9. The standard InChI is InChI=1S/C8H15F3N2O2/c1-13(5-8(9,10)11)7(14)6(12)3-4-15-2/h6H,3-5,12H2,1-2H3. The van der Waals surface area contributed by atoms with E-state index in [0.717, 1.165) is 7.05 Å². The van der Waals surface area contributed by atoms with Crippen LogP contribution in [0.3, 0.4) is 0 Å². The molecule has 0 aliphatic carbocycles. The van der Waals surface area contributed by atoms with Crippen LogP contribution in [0, 0.1) is 0 Å². The summed E-state index contributed by atoms with van der Waals surface area (Å²) in [6.45, 7) is -1.04. The lowest BCUT2D eigenvalue weighted by Crippen LogP contribution is -2.45. The van der Waals surface area contributed by atoms with E-state index in [1.54, 1.807) is 0 Å². The number of halogens is 3. The van der Waals surface area contributed by atoms with E-state index in [1.807, 2.05) is 0 Å². The third-order valence-corrected chi connectivity index (χ3v) is 1.74. The minimum atomic E-state index is -4.40. The van der Waals surface area contributed by atoms with Gasteiger partial charge in [-0.2, -0.15) is 13.2 Å². The fourth-order valence-corrected chi connectivity index (χ4v) is 0.998. The number of nitrogens with two attached hydrogens (primary N) is 1. The van der Waals surface area contributed by atoms with E-state index in [0.29, 0.717) is 4.90 Å². The van der Waals surface area contributed by atoms with Crippen LogP contribution in [0.2, 0.25) is 0 Å². The van der Waals surface area contributed by atoms with E-state index in [-0.39, 0.29) is 13.0 Å². The topological polar surface area (TPSA) is 55.6 Å². The van der Waals surface area contributed by atoms with Crippen molar-refractivity contribution in [2.24, 2.45) is 5.73 Å². The molecule has 0 bridgehead atoms. The fraction of sp³-hybridized carbons (Fsp3) is 0.875. The molecule has 1 amide bonds. The highest BCUT2D eigenvalue weighted by Crippen LogP contribution is 2.15. The van der Waals surface area contributed by atoms with Gasteiger partial charge in [-0.05, 0) is 6.42 Å². The molecule has 4 nitrogen and oxygen atoms in total. The zero-order chi connectivity index (χ0) is 12.1. The Kier molecular flexibility index (Phi) is 5.59. The number of ether oxygens (including phenoxy) is 1. The molecule has 90 valence electrons. The quantitative estimate of drug-likeness (QED) is 0.739. The number of rotatable bonds is 5. The number of carbonyl (C=O) groups excluding carboxylic acids is 1. The predicted octanol–water partition coefficient (Wildman–Crippen LogP) is 0.371. The van der Waals surface area contributed by atoms with Gasteiger partial charge in [0.2, 0.25) is 5.91 Å². The van der Waals surface area contributed by atoms with Crippen LogP contribution in [-0.4, -0.2) is 50.3 Å². The molecule has 7 heteroatoms. The Balaban J connectivity index is 4.08. The molecule has 1 atom stereocenters. The molecule has 0 saturated heterocycles. The van der Waals surface area contributed by atoms with Crippen molar-refractivity contribution >= 4 is 5.91 Å². The summed E-state index contributed by atoms with van der Waals surface area (Å²) in [5.74, 6) is -0.732. The Morgan fingerprint density at radius 2 is 2.07 bits per heavy atom. The maximum absolute atomic E-state index is 11.9. The summed E-state index contributed by atoms with van der Waals surface area (Å²) in [6, 6.07) is -0.947. The molecule has 0 spiro atoms. The molecule has 0 rings (SSSR count). The highest BCUT2D eigenvalue weighted by molar-refractivity contribution is 5.81. The highest BCUT2D eigenvalue weighted by atomic mass is 19.4. The number of alkyl halides is 3. The summed E-state index contributed by atoms with van der Waals surface area (Å²) in [7, 11) is 2.50. The minimum absolute atomic E-state index is 0.206. The van der Waals surface area contributed by atoms with Crippen molar-refractivity contribution in [3.63, 3.8) is 0 Å². The van der Waals surface area contributed by atoms with Crippen LogP contribution in [0.15, 0.2) is 0 Å². The van der Waals surface area contributed by atoms with E-state index < -0.39 is 24.7 Å². The monoisotopic (exact) mass is 228 g/mol. The number of methoxy groups -OCH3 is 1. The SMILES string of the molecule is COCCC(N)C(=O)N(C)CC(F)(F)F. The molecule has 0 heterocycles. The third-order valence-electron chi connectivity index (χ3n) is 1.74. The van der Waals surface area contributed by atoms with Gasteiger partial charge in [0.05, 0.1) is 6.04 Å². The normalized spacial score (nSPS) is 13.7. The van der Waals surface area contributed by atoms with Crippen LogP contribution in [0.4, 0.5) is 13.2 Å². The molecule has 0 aromatic heterocycles. The van der Waals surface area contributed by atoms with E-state index in [4.69, 9.17) is 5.73 Å². The Morgan fingerprint density at radius 3 is 2.47 bits per heavy atom. The molecular formula is C8H15F3N2O2. The van der Waals surface area contributed by atoms with Gasteiger partial charge in [0.1, 0.15) is 6.54 Å². The van der Waals surface area contributed by atoms with E-state index in [9.17, 15) is 18.0 Å². The maximum Gasteiger partial charge on any atom is 0.406 e. The van der Waals surface area contributed by atoms with Crippen LogP contribution in [0.5, 0.6) is 0 Å². The van der Waals surface area contributed by atoms with Crippen molar-refractivity contribution in [2.75, 3.05) is 27.3 Å². The number of hydrogen-bond acceptors (Lipinski definition) is 3. The van der Waals surface area contributed by atoms with Crippen LogP contribution in [-0.2, 0) is 9.53 Å². The van der Waals surface area contributed by atoms with Crippen molar-refractivity contribution in [1.82, 2.24) is 4.90 Å². The molecule has 0 aromatic carbocycles. The second kappa shape index (κ2) is 5.92. The van der Waals surface area contributed by atoms with Crippen molar-refractivity contribution < 1.29 is 22.7 Å². The fourth-order valence-electron chi connectivity index (χ4n) is 0.998. The predicted molar refractivity (Wildman–Crippen MR) is 48.2 cm³/mol. The second-order valence-electron chi connectivity index (χ2n) is 3.20. The van der Waals surface area contributed by atoms with Gasteiger partial charge < -0.3 is 15.4 Å². The van der Waals surface area contributed by atoms with Crippen molar-refractivity contribution in [3.05, 3.63) is 0 Å². The van der Waals surface area contributed by atoms with Gasteiger partial charge in [0.25, 0.3) is 0 Å². The van der Waals surface area contributed by atoms with E-state index in [2.05, 4.69) is 4.74 Å². The molecule has 0 aromatic rings. The Labute approximate surface area is 86.2 Å². The molecule has 0 aliphatic rings. The lowest BCUT2D eigenvalue weighted by molar-refractivity contribution is -0.159. The van der Waals surface area contributed by atoms with Crippen LogP contribution < -0.4 is 5.73 Å². The zero-order valence-electron chi connectivity index (χ0n) is 8.67. The molecular weight excluding hydrogens is 213 g/mol. The van der Waals surface area contributed by atoms with Crippen LogP contribution in [0.1, 0.15) is 6.42 Å². The van der Waals surface area contributed by atoms with Gasteiger partial charge in [-0.15, -0.1) is 0 Å². The number of nitrogens with zero attached hydrogens (tertiary/aromatic N) is 1. The molecule has 0 saturated carbocycles. The number of hydrogen-bond donors (Lipinski definition) is 1. The van der Waals surface area contributed by atoms with Crippen molar-refractivity contribution in [3.8, 4) is 0 Å². The van der Waals surface area contributed by atoms with E-state index in [1.165, 1.54) is 7.11 Å². The third kappa shape index (κ3) is 6.29. The average molecular weight is 228 g/mol. The lowest BCUT2D eigenvalue weighted by Gasteiger charge is -2.22. The second-order valence-corrected chi connectivity index (χ2v) is 3.20. The van der Waals surface area contributed by atoms with Gasteiger partial charge >= 0.3 is 6.18 Å².